The number of aromatic nitrogens is 3. The highest BCUT2D eigenvalue weighted by Crippen LogP contribution is 2.22. The predicted octanol–water partition coefficient (Wildman–Crippen LogP) is 0.804. The van der Waals surface area contributed by atoms with Gasteiger partial charge in [-0.1, -0.05) is 0 Å². The molecule has 98 valence electrons. The van der Waals surface area contributed by atoms with Crippen LogP contribution in [0.3, 0.4) is 0 Å². The predicted molar refractivity (Wildman–Crippen MR) is 71.5 cm³/mol. The van der Waals surface area contributed by atoms with Crippen molar-refractivity contribution < 1.29 is 9.90 Å². The zero-order chi connectivity index (χ0) is 14.0. The second-order valence-corrected chi connectivity index (χ2v) is 4.54. The summed E-state index contributed by atoms with van der Waals surface area (Å²) >= 11 is 3.28. The Morgan fingerprint density at radius 3 is 2.84 bits per heavy atom. The van der Waals surface area contributed by atoms with Gasteiger partial charge in [0.05, 0.1) is 12.0 Å². The minimum atomic E-state index is -1.15. The molecule has 0 bridgehead atoms. The Balaban J connectivity index is 2.55. The lowest BCUT2D eigenvalue weighted by Gasteiger charge is -2.06. The minimum Gasteiger partial charge on any atom is -0.481 e. The van der Waals surface area contributed by atoms with Gasteiger partial charge < -0.3 is 15.8 Å². The van der Waals surface area contributed by atoms with Crippen LogP contribution in [-0.4, -0.2) is 26.0 Å². The van der Waals surface area contributed by atoms with Crippen molar-refractivity contribution in [3.63, 3.8) is 0 Å². The average molecular weight is 325 g/mol. The van der Waals surface area contributed by atoms with Gasteiger partial charge in [-0.15, -0.1) is 0 Å². The molecule has 0 fully saturated rings. The van der Waals surface area contributed by atoms with E-state index >= 15 is 0 Å². The molecule has 2 aromatic rings. The summed E-state index contributed by atoms with van der Waals surface area (Å²) in [6.07, 6.45) is 1.07. The highest BCUT2D eigenvalue weighted by Gasteiger charge is 2.15. The third-order valence-corrected chi connectivity index (χ3v) is 3.00. The number of carboxylic acid groups (broad SMARTS) is 1. The molecule has 0 unspecified atom stereocenters. The average Bonchev–Trinajstić information content (AvgIpc) is 2.34. The zero-order valence-corrected chi connectivity index (χ0v) is 11.1. The lowest BCUT2D eigenvalue weighted by molar-refractivity contribution is -0.136. The molecular formula is C11H9BrN4O3. The van der Waals surface area contributed by atoms with Gasteiger partial charge in [0, 0.05) is 10.7 Å². The number of carboxylic acids is 1. The number of nitrogen functional groups attached to an aromatic ring is 1. The molecule has 0 aliphatic carbocycles. The maximum Gasteiger partial charge on any atom is 0.308 e. The molecular weight excluding hydrogens is 316 g/mol. The number of rotatable bonds is 3. The summed E-state index contributed by atoms with van der Waals surface area (Å²) in [5.41, 5.74) is 5.40. The van der Waals surface area contributed by atoms with Crippen LogP contribution in [0.1, 0.15) is 5.56 Å². The van der Waals surface area contributed by atoms with E-state index in [0.717, 1.165) is 0 Å². The van der Waals surface area contributed by atoms with Crippen molar-refractivity contribution in [3.05, 3.63) is 38.7 Å². The van der Waals surface area contributed by atoms with Gasteiger partial charge in [-0.2, -0.15) is 0 Å². The number of carbonyl (C=O) groups is 1. The second-order valence-electron chi connectivity index (χ2n) is 3.68. The molecule has 0 aliphatic rings. The van der Waals surface area contributed by atoms with E-state index in [2.05, 4.69) is 30.9 Å². The van der Waals surface area contributed by atoms with Crippen LogP contribution in [0.15, 0.2) is 27.6 Å². The Bertz CT molecular complexity index is 699. The number of aromatic amines is 1. The first kappa shape index (κ1) is 13.2. The zero-order valence-electron chi connectivity index (χ0n) is 9.55. The highest BCUT2D eigenvalue weighted by molar-refractivity contribution is 9.10. The number of pyridine rings is 1. The summed E-state index contributed by atoms with van der Waals surface area (Å²) in [6, 6.07) is 3.46. The number of halogens is 1. The van der Waals surface area contributed by atoms with Crippen molar-refractivity contribution >= 4 is 27.7 Å². The largest absolute Gasteiger partial charge is 0.481 e. The molecule has 0 saturated carbocycles. The fourth-order valence-electron chi connectivity index (χ4n) is 1.51. The number of nitrogens with one attached hydrogen (secondary N) is 1. The third kappa shape index (κ3) is 2.79. The normalized spacial score (nSPS) is 10.4. The standard InChI is InChI=1S/C11H9BrN4O3/c12-6-2-1-3-14-8(6)10-15-9(13)5(4-7(17)18)11(19)16-10/h1-3H,4H2,(H,17,18)(H3,13,15,16,19). The fraction of sp³-hybridized carbons (Fsp3) is 0.0909. The number of nitrogens with two attached hydrogens (primary N) is 1. The first-order chi connectivity index (χ1) is 8.99. The summed E-state index contributed by atoms with van der Waals surface area (Å²) in [6.45, 7) is 0. The smallest absolute Gasteiger partial charge is 0.308 e. The SMILES string of the molecule is Nc1nc(-c2ncccc2Br)[nH]c(=O)c1CC(=O)O. The van der Waals surface area contributed by atoms with Crippen molar-refractivity contribution in [1.29, 1.82) is 0 Å². The van der Waals surface area contributed by atoms with Crippen LogP contribution >= 0.6 is 15.9 Å². The minimum absolute atomic E-state index is 0.0664. The molecule has 19 heavy (non-hydrogen) atoms. The third-order valence-electron chi connectivity index (χ3n) is 2.36. The van der Waals surface area contributed by atoms with E-state index in [9.17, 15) is 9.59 Å². The van der Waals surface area contributed by atoms with Gasteiger partial charge in [-0.25, -0.2) is 4.98 Å². The van der Waals surface area contributed by atoms with Crippen LogP contribution < -0.4 is 11.3 Å². The van der Waals surface area contributed by atoms with E-state index in [1.165, 1.54) is 0 Å². The molecule has 0 atom stereocenters. The van der Waals surface area contributed by atoms with Crippen LogP contribution in [0.2, 0.25) is 0 Å². The molecule has 0 aromatic carbocycles. The topological polar surface area (TPSA) is 122 Å². The van der Waals surface area contributed by atoms with Crippen LogP contribution in [0.5, 0.6) is 0 Å². The number of H-pyrrole nitrogens is 1. The van der Waals surface area contributed by atoms with Crippen LogP contribution in [0.25, 0.3) is 11.5 Å². The van der Waals surface area contributed by atoms with Crippen molar-refractivity contribution in [3.8, 4) is 11.5 Å². The van der Waals surface area contributed by atoms with Gasteiger partial charge in [0.1, 0.15) is 11.5 Å². The van der Waals surface area contributed by atoms with Gasteiger partial charge in [-0.3, -0.25) is 14.6 Å². The fourth-order valence-corrected chi connectivity index (χ4v) is 1.95. The second kappa shape index (κ2) is 5.19. The monoisotopic (exact) mass is 324 g/mol. The van der Waals surface area contributed by atoms with Crippen molar-refractivity contribution in [1.82, 2.24) is 15.0 Å². The van der Waals surface area contributed by atoms with Gasteiger partial charge in [-0.05, 0) is 28.1 Å². The molecule has 0 amide bonds. The molecule has 2 heterocycles. The summed E-state index contributed by atoms with van der Waals surface area (Å²) in [4.78, 5) is 33.0. The number of aliphatic carboxylic acids is 1. The van der Waals surface area contributed by atoms with Crippen LogP contribution in [0.4, 0.5) is 5.82 Å². The van der Waals surface area contributed by atoms with Gasteiger partial charge >= 0.3 is 5.97 Å². The summed E-state index contributed by atoms with van der Waals surface area (Å²) in [5, 5.41) is 8.69. The Morgan fingerprint density at radius 1 is 1.53 bits per heavy atom. The van der Waals surface area contributed by atoms with E-state index in [1.54, 1.807) is 18.3 Å². The van der Waals surface area contributed by atoms with Gasteiger partial charge in [0.15, 0.2) is 5.82 Å². The van der Waals surface area contributed by atoms with Gasteiger partial charge in [0.2, 0.25) is 0 Å². The maximum atomic E-state index is 11.8. The summed E-state index contributed by atoms with van der Waals surface area (Å²) < 4.78 is 0.642. The van der Waals surface area contributed by atoms with E-state index in [1.807, 2.05) is 0 Å². The Labute approximate surface area is 115 Å². The van der Waals surface area contributed by atoms with E-state index < -0.39 is 17.9 Å². The molecule has 8 heteroatoms. The Kier molecular flexibility index (Phi) is 3.61. The molecule has 0 aliphatic heterocycles. The lowest BCUT2D eigenvalue weighted by atomic mass is 10.2. The molecule has 2 aromatic heterocycles. The molecule has 2 rings (SSSR count). The van der Waals surface area contributed by atoms with Gasteiger partial charge in [0.25, 0.3) is 5.56 Å². The van der Waals surface area contributed by atoms with E-state index in [0.29, 0.717) is 10.2 Å². The molecule has 4 N–H and O–H groups in total. The van der Waals surface area contributed by atoms with E-state index in [-0.39, 0.29) is 17.2 Å². The van der Waals surface area contributed by atoms with Crippen LogP contribution in [-0.2, 0) is 11.2 Å². The first-order valence-corrected chi connectivity index (χ1v) is 5.99. The molecule has 0 radical (unpaired) electrons. The molecule has 7 nitrogen and oxygen atoms in total. The Morgan fingerprint density at radius 2 is 2.26 bits per heavy atom. The van der Waals surface area contributed by atoms with Crippen molar-refractivity contribution in [2.45, 2.75) is 6.42 Å². The highest BCUT2D eigenvalue weighted by atomic mass is 79.9. The lowest BCUT2D eigenvalue weighted by Crippen LogP contribution is -2.21. The van der Waals surface area contributed by atoms with Crippen LogP contribution in [0, 0.1) is 0 Å². The van der Waals surface area contributed by atoms with Crippen molar-refractivity contribution in [2.24, 2.45) is 0 Å². The number of anilines is 1. The molecule has 0 spiro atoms. The number of hydrogen-bond acceptors (Lipinski definition) is 5. The van der Waals surface area contributed by atoms with E-state index in [4.69, 9.17) is 10.8 Å². The Hall–Kier alpha value is -2.22. The summed E-state index contributed by atoms with van der Waals surface area (Å²) in [7, 11) is 0. The van der Waals surface area contributed by atoms with Crippen molar-refractivity contribution in [2.75, 3.05) is 5.73 Å². The quantitative estimate of drug-likeness (QED) is 0.767. The number of hydrogen-bond donors (Lipinski definition) is 3. The molecule has 0 saturated heterocycles. The summed E-state index contributed by atoms with van der Waals surface area (Å²) in [5.74, 6) is -1.08. The number of nitrogens with zero attached hydrogens (tertiary/aromatic N) is 2. The first-order valence-electron chi connectivity index (χ1n) is 5.20. The maximum absolute atomic E-state index is 11.8.